The van der Waals surface area contributed by atoms with Gasteiger partial charge in [-0.05, 0) is 47.3 Å². The molecule has 0 spiro atoms. The Morgan fingerprint density at radius 1 is 1.06 bits per heavy atom. The fraction of sp³-hybridized carbons (Fsp3) is 0.0455. The molecule has 154 valence electrons. The van der Waals surface area contributed by atoms with Crippen LogP contribution in [0.15, 0.2) is 71.3 Å². The Morgan fingerprint density at radius 3 is 2.52 bits per heavy atom. The van der Waals surface area contributed by atoms with Crippen LogP contribution in [0.2, 0.25) is 0 Å². The Balaban J connectivity index is 1.68. The van der Waals surface area contributed by atoms with Gasteiger partial charge in [-0.2, -0.15) is 0 Å². The Kier molecular flexibility index (Phi) is 4.64. The molecule has 0 saturated heterocycles. The number of aromatic nitrogens is 1. The van der Waals surface area contributed by atoms with Crippen molar-refractivity contribution in [3.8, 4) is 0 Å². The first-order chi connectivity index (χ1) is 14.9. The van der Waals surface area contributed by atoms with Crippen molar-refractivity contribution in [1.29, 1.82) is 0 Å². The van der Waals surface area contributed by atoms with Crippen LogP contribution in [0.3, 0.4) is 0 Å². The number of Topliss-reactive ketones (excluding diaryl/α,β-unsaturated/α-hetero) is 1. The van der Waals surface area contributed by atoms with Crippen LogP contribution in [0, 0.1) is 11.6 Å². The highest BCUT2D eigenvalue weighted by molar-refractivity contribution is 7.22. The highest BCUT2D eigenvalue weighted by Crippen LogP contribution is 2.44. The average molecular weight is 454 g/mol. The summed E-state index contributed by atoms with van der Waals surface area (Å²) in [6.07, 6.45) is 0. The van der Waals surface area contributed by atoms with Gasteiger partial charge >= 0.3 is 0 Å². The van der Waals surface area contributed by atoms with Crippen molar-refractivity contribution in [2.45, 2.75) is 6.04 Å². The van der Waals surface area contributed by atoms with E-state index in [4.69, 9.17) is 0 Å². The van der Waals surface area contributed by atoms with E-state index in [0.717, 1.165) is 11.3 Å². The second-order valence-corrected chi connectivity index (χ2v) is 8.76. The second kappa shape index (κ2) is 7.36. The van der Waals surface area contributed by atoms with Crippen LogP contribution in [0.25, 0.3) is 10.2 Å². The van der Waals surface area contributed by atoms with Crippen molar-refractivity contribution in [2.24, 2.45) is 0 Å². The van der Waals surface area contributed by atoms with Crippen LogP contribution in [0.5, 0.6) is 0 Å². The minimum atomic E-state index is -1.01. The summed E-state index contributed by atoms with van der Waals surface area (Å²) >= 11 is 2.24. The summed E-state index contributed by atoms with van der Waals surface area (Å²) in [4.78, 5) is 32.2. The van der Waals surface area contributed by atoms with Crippen LogP contribution in [-0.4, -0.2) is 21.8 Å². The van der Waals surface area contributed by atoms with Crippen molar-refractivity contribution in [3.63, 3.8) is 0 Å². The lowest BCUT2D eigenvalue weighted by atomic mass is 9.95. The first-order valence-corrected chi connectivity index (χ1v) is 10.8. The maximum absolute atomic E-state index is 13.6. The molecule has 4 aromatic rings. The smallest absolute Gasteiger partial charge is 0.296 e. The number of carbonyl (C=O) groups is 2. The number of benzene rings is 2. The van der Waals surface area contributed by atoms with Crippen molar-refractivity contribution in [1.82, 2.24) is 4.98 Å². The molecule has 1 amide bonds. The van der Waals surface area contributed by atoms with Crippen molar-refractivity contribution in [3.05, 3.63) is 93.4 Å². The molecule has 1 atom stereocenters. The predicted octanol–water partition coefficient (Wildman–Crippen LogP) is 5.42. The third-order valence-corrected chi connectivity index (χ3v) is 6.81. The average Bonchev–Trinajstić information content (AvgIpc) is 3.47. The molecule has 0 unspecified atom stereocenters. The molecule has 3 heterocycles. The van der Waals surface area contributed by atoms with E-state index in [1.807, 2.05) is 0 Å². The van der Waals surface area contributed by atoms with E-state index in [2.05, 4.69) is 4.98 Å². The number of hydrogen-bond donors (Lipinski definition) is 1. The Bertz CT molecular complexity index is 1360. The first kappa shape index (κ1) is 19.5. The SMILES string of the molecule is O=C(C1=C(O)C(=O)N(c2nc3ccc(F)cc3s2)[C@@H]1c1ccc(F)cc1)c1cccs1. The Hall–Kier alpha value is -3.43. The van der Waals surface area contributed by atoms with E-state index in [-0.39, 0.29) is 10.7 Å². The number of thiazole rings is 1. The van der Waals surface area contributed by atoms with Gasteiger partial charge in [0, 0.05) is 0 Å². The van der Waals surface area contributed by atoms with Gasteiger partial charge in [0.05, 0.1) is 26.7 Å². The van der Waals surface area contributed by atoms with Crippen LogP contribution >= 0.6 is 22.7 Å². The van der Waals surface area contributed by atoms with Crippen molar-refractivity contribution < 1.29 is 23.5 Å². The van der Waals surface area contributed by atoms with E-state index in [0.29, 0.717) is 20.7 Å². The number of hydrogen-bond acceptors (Lipinski definition) is 6. The summed E-state index contributed by atoms with van der Waals surface area (Å²) in [5.41, 5.74) is 0.804. The summed E-state index contributed by atoms with van der Waals surface area (Å²) < 4.78 is 27.7. The van der Waals surface area contributed by atoms with Crippen LogP contribution in [-0.2, 0) is 4.79 Å². The van der Waals surface area contributed by atoms with E-state index >= 15 is 0 Å². The first-order valence-electron chi connectivity index (χ1n) is 9.10. The fourth-order valence-electron chi connectivity index (χ4n) is 3.52. The molecule has 1 aliphatic heterocycles. The predicted molar refractivity (Wildman–Crippen MR) is 115 cm³/mol. The summed E-state index contributed by atoms with van der Waals surface area (Å²) in [6.45, 7) is 0. The minimum absolute atomic E-state index is 0.107. The number of halogens is 2. The standard InChI is InChI=1S/C22H12F2N2O3S2/c23-12-5-3-11(4-6-12)18-17(19(27)15-2-1-9-30-15)20(28)21(29)26(18)22-25-14-8-7-13(24)10-16(14)31-22/h1-10,18,28H/t18-/m1/s1. The van der Waals surface area contributed by atoms with Gasteiger partial charge in [-0.25, -0.2) is 13.8 Å². The lowest BCUT2D eigenvalue weighted by Crippen LogP contribution is -2.30. The number of aliphatic hydroxyl groups excluding tert-OH is 1. The summed E-state index contributed by atoms with van der Waals surface area (Å²) in [5.74, 6) is -2.90. The molecule has 1 N–H and O–H groups in total. The van der Waals surface area contributed by atoms with Crippen LogP contribution in [0.1, 0.15) is 21.3 Å². The second-order valence-electron chi connectivity index (χ2n) is 6.81. The lowest BCUT2D eigenvalue weighted by Gasteiger charge is -2.24. The topological polar surface area (TPSA) is 70.5 Å². The van der Waals surface area contributed by atoms with Gasteiger partial charge in [0.1, 0.15) is 11.6 Å². The molecule has 0 aliphatic carbocycles. The van der Waals surface area contributed by atoms with Gasteiger partial charge in [0.15, 0.2) is 10.9 Å². The van der Waals surface area contributed by atoms with E-state index < -0.39 is 35.1 Å². The zero-order valence-corrected chi connectivity index (χ0v) is 17.2. The Morgan fingerprint density at radius 2 is 1.81 bits per heavy atom. The molecule has 5 nitrogen and oxygen atoms in total. The largest absolute Gasteiger partial charge is 0.503 e. The molecule has 0 fully saturated rings. The lowest BCUT2D eigenvalue weighted by molar-refractivity contribution is -0.117. The number of thiophene rings is 1. The van der Waals surface area contributed by atoms with Crippen molar-refractivity contribution in [2.75, 3.05) is 4.90 Å². The van der Waals surface area contributed by atoms with Gasteiger partial charge in [-0.3, -0.25) is 14.5 Å². The maximum atomic E-state index is 13.6. The van der Waals surface area contributed by atoms with Gasteiger partial charge in [-0.15, -0.1) is 11.3 Å². The number of carbonyl (C=O) groups excluding carboxylic acids is 2. The number of aliphatic hydroxyl groups is 1. The highest BCUT2D eigenvalue weighted by Gasteiger charge is 2.46. The van der Waals surface area contributed by atoms with E-state index in [1.165, 1.54) is 58.7 Å². The van der Waals surface area contributed by atoms with E-state index in [1.54, 1.807) is 17.5 Å². The number of fused-ring (bicyclic) bond motifs is 1. The van der Waals surface area contributed by atoms with Gasteiger partial charge < -0.3 is 5.11 Å². The Labute approximate surface area is 182 Å². The van der Waals surface area contributed by atoms with Crippen molar-refractivity contribution >= 4 is 49.7 Å². The van der Waals surface area contributed by atoms with Gasteiger partial charge in [-0.1, -0.05) is 29.5 Å². The molecule has 1 aliphatic rings. The fourth-order valence-corrected chi connectivity index (χ4v) is 5.22. The zero-order chi connectivity index (χ0) is 21.7. The van der Waals surface area contributed by atoms with Crippen LogP contribution < -0.4 is 4.90 Å². The molecule has 0 bridgehead atoms. The third kappa shape index (κ3) is 3.22. The molecular formula is C22H12F2N2O3S2. The van der Waals surface area contributed by atoms with Gasteiger partial charge in [0.2, 0.25) is 5.78 Å². The molecule has 5 rings (SSSR count). The molecular weight excluding hydrogens is 442 g/mol. The van der Waals surface area contributed by atoms with Crippen LogP contribution in [0.4, 0.5) is 13.9 Å². The monoisotopic (exact) mass is 454 g/mol. The number of nitrogens with zero attached hydrogens (tertiary/aromatic N) is 2. The molecule has 0 saturated carbocycles. The third-order valence-electron chi connectivity index (χ3n) is 4.93. The number of ketones is 1. The number of rotatable bonds is 4. The minimum Gasteiger partial charge on any atom is -0.503 e. The number of amides is 1. The summed E-state index contributed by atoms with van der Waals surface area (Å²) in [6, 6.07) is 11.7. The molecule has 2 aromatic heterocycles. The normalized spacial score (nSPS) is 16.5. The molecule has 9 heteroatoms. The summed E-state index contributed by atoms with van der Waals surface area (Å²) in [7, 11) is 0. The molecule has 31 heavy (non-hydrogen) atoms. The van der Waals surface area contributed by atoms with E-state index in [9.17, 15) is 23.5 Å². The highest BCUT2D eigenvalue weighted by atomic mass is 32.1. The molecule has 2 aromatic carbocycles. The quantitative estimate of drug-likeness (QED) is 0.418. The molecule has 0 radical (unpaired) electrons. The number of anilines is 1. The summed E-state index contributed by atoms with van der Waals surface area (Å²) in [5, 5.41) is 12.6. The maximum Gasteiger partial charge on any atom is 0.296 e. The zero-order valence-electron chi connectivity index (χ0n) is 15.6. The van der Waals surface area contributed by atoms with Gasteiger partial charge in [0.25, 0.3) is 5.91 Å².